The second-order valence-electron chi connectivity index (χ2n) is 4.77. The fraction of sp³-hybridized carbons (Fsp3) is 0.111. The van der Waals surface area contributed by atoms with E-state index in [1.807, 2.05) is 60.7 Å². The summed E-state index contributed by atoms with van der Waals surface area (Å²) in [7, 11) is 0. The summed E-state index contributed by atoms with van der Waals surface area (Å²) in [6.07, 6.45) is -0.555. The second kappa shape index (κ2) is 7.22. The zero-order chi connectivity index (χ0) is 15.9. The van der Waals surface area contributed by atoms with Crippen LogP contribution >= 0.6 is 0 Å². The summed E-state index contributed by atoms with van der Waals surface area (Å²) in [5.74, 6) is -1.02. The van der Waals surface area contributed by atoms with E-state index >= 15 is 0 Å². The first-order valence-electron chi connectivity index (χ1n) is 6.85. The Hall–Kier alpha value is -2.88. The van der Waals surface area contributed by atoms with E-state index in [-0.39, 0.29) is 11.6 Å². The van der Waals surface area contributed by atoms with Gasteiger partial charge in [-0.25, -0.2) is 4.79 Å². The van der Waals surface area contributed by atoms with Crippen LogP contribution in [0.2, 0.25) is 0 Å². The number of ether oxygens (including phenoxy) is 1. The molecule has 4 heteroatoms. The Morgan fingerprint density at radius 1 is 0.955 bits per heavy atom. The van der Waals surface area contributed by atoms with E-state index in [0.29, 0.717) is 0 Å². The molecule has 0 aromatic heterocycles. The molecule has 0 atom stereocenters. The second-order valence-corrected chi connectivity index (χ2v) is 4.77. The highest BCUT2D eigenvalue weighted by Gasteiger charge is 2.20. The molecule has 0 heterocycles. The molecule has 1 amide bonds. The van der Waals surface area contributed by atoms with E-state index in [9.17, 15) is 9.59 Å². The van der Waals surface area contributed by atoms with Crippen LogP contribution in [0.4, 0.5) is 0 Å². The topological polar surface area (TPSA) is 55.4 Å². The van der Waals surface area contributed by atoms with Gasteiger partial charge in [0.05, 0.1) is 0 Å². The first kappa shape index (κ1) is 15.5. The number of hydrogen-bond donors (Lipinski definition) is 1. The average molecular weight is 295 g/mol. The zero-order valence-electron chi connectivity index (χ0n) is 12.3. The SMILES string of the molecule is C=C(NC(C)=O)C(=O)OC(c1ccccc1)c1ccccc1. The largest absolute Gasteiger partial charge is 0.448 e. The number of carbonyl (C=O) groups is 2. The van der Waals surface area contributed by atoms with Crippen LogP contribution in [0, 0.1) is 0 Å². The van der Waals surface area contributed by atoms with Gasteiger partial charge in [-0.2, -0.15) is 0 Å². The van der Waals surface area contributed by atoms with Crippen LogP contribution in [0.3, 0.4) is 0 Å². The molecule has 1 N–H and O–H groups in total. The van der Waals surface area contributed by atoms with Gasteiger partial charge in [-0.15, -0.1) is 0 Å². The lowest BCUT2D eigenvalue weighted by Gasteiger charge is -2.19. The van der Waals surface area contributed by atoms with E-state index in [4.69, 9.17) is 4.74 Å². The van der Waals surface area contributed by atoms with Crippen LogP contribution in [0.15, 0.2) is 72.9 Å². The van der Waals surface area contributed by atoms with Gasteiger partial charge >= 0.3 is 5.97 Å². The van der Waals surface area contributed by atoms with Crippen molar-refractivity contribution in [2.45, 2.75) is 13.0 Å². The van der Waals surface area contributed by atoms with Gasteiger partial charge in [0.25, 0.3) is 0 Å². The van der Waals surface area contributed by atoms with Crippen molar-refractivity contribution in [1.82, 2.24) is 5.32 Å². The van der Waals surface area contributed by atoms with Crippen LogP contribution < -0.4 is 5.32 Å². The third-order valence-corrected chi connectivity index (χ3v) is 3.00. The first-order chi connectivity index (χ1) is 10.6. The lowest BCUT2D eigenvalue weighted by atomic mass is 10.0. The minimum atomic E-state index is -0.659. The van der Waals surface area contributed by atoms with E-state index in [1.165, 1.54) is 6.92 Å². The van der Waals surface area contributed by atoms with Crippen molar-refractivity contribution in [3.63, 3.8) is 0 Å². The molecule has 2 aromatic rings. The van der Waals surface area contributed by atoms with Crippen LogP contribution in [-0.4, -0.2) is 11.9 Å². The highest BCUT2D eigenvalue weighted by Crippen LogP contribution is 2.26. The van der Waals surface area contributed by atoms with Crippen LogP contribution in [0.25, 0.3) is 0 Å². The molecule has 0 bridgehead atoms. The zero-order valence-corrected chi connectivity index (χ0v) is 12.3. The summed E-state index contributed by atoms with van der Waals surface area (Å²) < 4.78 is 5.53. The lowest BCUT2D eigenvalue weighted by Crippen LogP contribution is -2.26. The number of nitrogens with one attached hydrogen (secondary N) is 1. The molecular formula is C18H17NO3. The van der Waals surface area contributed by atoms with Crippen LogP contribution in [0.5, 0.6) is 0 Å². The number of amides is 1. The Morgan fingerprint density at radius 3 is 1.82 bits per heavy atom. The van der Waals surface area contributed by atoms with Crippen molar-refractivity contribution in [1.29, 1.82) is 0 Å². The molecule has 0 saturated carbocycles. The van der Waals surface area contributed by atoms with Crippen molar-refractivity contribution in [3.05, 3.63) is 84.1 Å². The maximum Gasteiger partial charge on any atom is 0.355 e. The number of benzene rings is 2. The quantitative estimate of drug-likeness (QED) is 0.681. The number of esters is 1. The van der Waals surface area contributed by atoms with Crippen molar-refractivity contribution < 1.29 is 14.3 Å². The Labute approximate surface area is 129 Å². The van der Waals surface area contributed by atoms with Crippen LogP contribution in [-0.2, 0) is 14.3 Å². The van der Waals surface area contributed by atoms with Gasteiger partial charge in [-0.1, -0.05) is 67.2 Å². The van der Waals surface area contributed by atoms with Gasteiger partial charge in [0.1, 0.15) is 5.70 Å². The molecule has 0 aliphatic carbocycles. The molecule has 0 saturated heterocycles. The monoisotopic (exact) mass is 295 g/mol. The summed E-state index contributed by atoms with van der Waals surface area (Å²) in [4.78, 5) is 23.1. The minimum absolute atomic E-state index is 0.0793. The molecule has 0 spiro atoms. The highest BCUT2D eigenvalue weighted by molar-refractivity contribution is 5.92. The minimum Gasteiger partial charge on any atom is -0.448 e. The van der Waals surface area contributed by atoms with Gasteiger partial charge < -0.3 is 10.1 Å². The molecule has 22 heavy (non-hydrogen) atoms. The Morgan fingerprint density at radius 2 is 1.41 bits per heavy atom. The Balaban J connectivity index is 2.25. The predicted molar refractivity (Wildman–Crippen MR) is 83.8 cm³/mol. The molecule has 0 fully saturated rings. The van der Waals surface area contributed by atoms with Crippen molar-refractivity contribution in [2.24, 2.45) is 0 Å². The van der Waals surface area contributed by atoms with E-state index in [1.54, 1.807) is 0 Å². The maximum atomic E-state index is 12.1. The van der Waals surface area contributed by atoms with Gasteiger partial charge in [0, 0.05) is 6.92 Å². The summed E-state index contributed by atoms with van der Waals surface area (Å²) in [5.41, 5.74) is 1.61. The molecule has 112 valence electrons. The van der Waals surface area contributed by atoms with Crippen molar-refractivity contribution in [2.75, 3.05) is 0 Å². The fourth-order valence-electron chi connectivity index (χ4n) is 2.03. The van der Waals surface area contributed by atoms with Crippen LogP contribution in [0.1, 0.15) is 24.2 Å². The summed E-state index contributed by atoms with van der Waals surface area (Å²) >= 11 is 0. The molecule has 0 radical (unpaired) electrons. The number of carbonyl (C=O) groups excluding carboxylic acids is 2. The third-order valence-electron chi connectivity index (χ3n) is 3.00. The first-order valence-corrected chi connectivity index (χ1v) is 6.85. The molecule has 0 aliphatic rings. The lowest BCUT2D eigenvalue weighted by molar-refractivity contribution is -0.144. The molecule has 2 rings (SSSR count). The van der Waals surface area contributed by atoms with Gasteiger partial charge in [0.15, 0.2) is 6.10 Å². The van der Waals surface area contributed by atoms with Gasteiger partial charge in [-0.3, -0.25) is 4.79 Å². The Bertz CT molecular complexity index is 626. The Kier molecular flexibility index (Phi) is 5.09. The standard InChI is InChI=1S/C18H17NO3/c1-13(19-14(2)20)18(21)22-17(15-9-5-3-6-10-15)16-11-7-4-8-12-16/h3-12,17H,1H2,2H3,(H,19,20). The number of hydrogen-bond acceptors (Lipinski definition) is 3. The third kappa shape index (κ3) is 4.06. The molecular weight excluding hydrogens is 278 g/mol. The van der Waals surface area contributed by atoms with Gasteiger partial charge in [0.2, 0.25) is 5.91 Å². The molecule has 0 unspecified atom stereocenters. The molecule has 4 nitrogen and oxygen atoms in total. The van der Waals surface area contributed by atoms with E-state index < -0.39 is 12.1 Å². The maximum absolute atomic E-state index is 12.1. The molecule has 0 aliphatic heterocycles. The number of rotatable bonds is 5. The average Bonchev–Trinajstić information content (AvgIpc) is 2.53. The fourth-order valence-corrected chi connectivity index (χ4v) is 2.03. The summed E-state index contributed by atoms with van der Waals surface area (Å²) in [6, 6.07) is 18.8. The van der Waals surface area contributed by atoms with Crippen molar-refractivity contribution >= 4 is 11.9 Å². The summed E-state index contributed by atoms with van der Waals surface area (Å²) in [6.45, 7) is 4.84. The van der Waals surface area contributed by atoms with Crippen molar-refractivity contribution in [3.8, 4) is 0 Å². The van der Waals surface area contributed by atoms with E-state index in [0.717, 1.165) is 11.1 Å². The summed E-state index contributed by atoms with van der Waals surface area (Å²) in [5, 5.41) is 2.34. The smallest absolute Gasteiger partial charge is 0.355 e. The van der Waals surface area contributed by atoms with E-state index in [2.05, 4.69) is 11.9 Å². The van der Waals surface area contributed by atoms with Gasteiger partial charge in [-0.05, 0) is 11.1 Å². The predicted octanol–water partition coefficient (Wildman–Crippen LogP) is 2.97. The molecule has 2 aromatic carbocycles. The highest BCUT2D eigenvalue weighted by atomic mass is 16.5. The normalized spacial score (nSPS) is 10.1.